The van der Waals surface area contributed by atoms with Gasteiger partial charge in [0.2, 0.25) is 0 Å². The van der Waals surface area contributed by atoms with Crippen molar-refractivity contribution in [3.8, 4) is 5.75 Å². The molecule has 1 unspecified atom stereocenters. The number of amides is 2. The standard InChI is InChI=1S/C61H39F63N2O6Si/c1-4-26-27(30(128)131-5-2)28(22-6-10-24(130-3)11-7-22)125-31(129)126(26)17-18-132-29(127)23-8-12-25(13-9-23)133(19-14-32(62,63)35(68,69)38(74,75)41(80,81)44(86,87)47(92,93)50(98,99)53(104,105)56(110,111)59(116,117)118,20-15-33(64,65)36(70,71)39(76,77)42(82,83)45(88,89)48(94,95)51(100,101)54(106,107)57(112,113)60(119,120)121)21-16-34(66,67)37(72,73)40(78,79)43(84,85)46(90,91)49(96,97)52(102,103)55(108,109)58(114,115)61(122,123)124/h6-13,28H,4-5,14-21H2,1-3H3,(H,125,129). The average molecular weight is 2120 g/mol. The van der Waals surface area contributed by atoms with E-state index in [0.717, 1.165) is 33.1 Å². The van der Waals surface area contributed by atoms with Crippen LogP contribution in [0.3, 0.4) is 0 Å². The molecule has 0 aliphatic carbocycles. The maximum Gasteiger partial charge on any atom is 0.460 e. The first-order valence-corrected chi connectivity index (χ1v) is 35.9. The number of benzene rings is 2. The highest BCUT2D eigenvalue weighted by molar-refractivity contribution is 6.92. The number of nitrogens with one attached hydrogen (secondary N) is 1. The minimum Gasteiger partial charge on any atom is -0.497 e. The van der Waals surface area contributed by atoms with E-state index in [2.05, 4.69) is 10.1 Å². The van der Waals surface area contributed by atoms with E-state index < -0.39 is 320 Å². The summed E-state index contributed by atoms with van der Waals surface area (Å²) < 4.78 is 929. The van der Waals surface area contributed by atoms with Gasteiger partial charge in [-0.05, 0) is 61.3 Å². The summed E-state index contributed by atoms with van der Waals surface area (Å²) in [6.07, 6.45) is -41.9. The Balaban J connectivity index is 2.75. The predicted octanol–water partition coefficient (Wildman–Crippen LogP) is 25.5. The van der Waals surface area contributed by atoms with Gasteiger partial charge in [-0.25, -0.2) is 14.4 Å². The molecule has 1 atom stereocenters. The number of hydrogen-bond acceptors (Lipinski definition) is 6. The van der Waals surface area contributed by atoms with E-state index in [0.29, 0.717) is 4.90 Å². The summed E-state index contributed by atoms with van der Waals surface area (Å²) in [4.78, 5) is 40.8. The van der Waals surface area contributed by atoms with Crippen molar-refractivity contribution in [2.24, 2.45) is 0 Å². The second-order valence-electron chi connectivity index (χ2n) is 27.6. The topological polar surface area (TPSA) is 94.2 Å². The minimum atomic E-state index is -10.3. The molecular weight excluding hydrogens is 2080 g/mol. The van der Waals surface area contributed by atoms with Crippen molar-refractivity contribution in [2.45, 2.75) is 242 Å². The molecule has 1 N–H and O–H groups in total. The van der Waals surface area contributed by atoms with Crippen LogP contribution in [0.4, 0.5) is 281 Å². The van der Waals surface area contributed by atoms with E-state index >= 15 is 105 Å². The van der Waals surface area contributed by atoms with Crippen molar-refractivity contribution in [3.63, 3.8) is 0 Å². The number of hydrogen-bond donors (Lipinski definition) is 1. The zero-order valence-corrected chi connectivity index (χ0v) is 63.5. The monoisotopic (exact) mass is 2120 g/mol. The van der Waals surface area contributed by atoms with Crippen LogP contribution in [0.15, 0.2) is 59.8 Å². The molecule has 0 aromatic heterocycles. The quantitative estimate of drug-likeness (QED) is 0.0404. The third-order valence-electron chi connectivity index (χ3n) is 19.5. The van der Waals surface area contributed by atoms with E-state index in [4.69, 9.17) is 9.47 Å². The molecular formula is C61H39F63N2O6Si. The number of methoxy groups -OCH3 is 1. The van der Waals surface area contributed by atoms with E-state index in [-0.39, 0.29) is 11.3 Å². The number of rotatable bonds is 43. The lowest BCUT2D eigenvalue weighted by atomic mass is 9.86. The highest BCUT2D eigenvalue weighted by Crippen LogP contribution is 2.72. The van der Waals surface area contributed by atoms with Crippen molar-refractivity contribution >= 4 is 31.2 Å². The number of alkyl halides is 63. The summed E-state index contributed by atoms with van der Waals surface area (Å²) in [5, 5.41) is -0.697. The maximum absolute atomic E-state index is 16.1. The van der Waals surface area contributed by atoms with Crippen molar-refractivity contribution in [2.75, 3.05) is 26.9 Å². The van der Waals surface area contributed by atoms with Crippen LogP contribution >= 0.6 is 0 Å². The van der Waals surface area contributed by atoms with Crippen LogP contribution in [-0.4, -0.2) is 236 Å². The summed E-state index contributed by atoms with van der Waals surface area (Å²) in [6.45, 7) is -1.16. The predicted molar refractivity (Wildman–Crippen MR) is 307 cm³/mol. The van der Waals surface area contributed by atoms with Gasteiger partial charge in [0, 0.05) is 25.0 Å². The molecule has 133 heavy (non-hydrogen) atoms. The fraction of sp³-hybridized carbons (Fsp3) is 0.721. The molecule has 72 heteroatoms. The lowest BCUT2D eigenvalue weighted by Crippen LogP contribution is -2.77. The van der Waals surface area contributed by atoms with E-state index in [1.54, 1.807) is 0 Å². The van der Waals surface area contributed by atoms with Crippen LogP contribution < -0.4 is 15.2 Å². The molecule has 0 radical (unpaired) electrons. The highest BCUT2D eigenvalue weighted by atomic mass is 28.3. The number of halogens is 63. The Labute approximate surface area is 692 Å². The largest absolute Gasteiger partial charge is 0.497 e. The second-order valence-corrected chi connectivity index (χ2v) is 32.3. The number of nitrogens with zero attached hydrogens (tertiary/aromatic N) is 1. The van der Waals surface area contributed by atoms with Gasteiger partial charge in [-0.3, -0.25) is 4.90 Å². The number of allylic oxidation sites excluding steroid dienone is 1. The summed E-state index contributed by atoms with van der Waals surface area (Å²) in [5.41, 5.74) is -3.00. The van der Waals surface area contributed by atoms with Crippen LogP contribution in [0, 0.1) is 0 Å². The fourth-order valence-corrected chi connectivity index (χ4v) is 16.2. The molecule has 2 aromatic rings. The Morgan fingerprint density at radius 3 is 0.767 bits per heavy atom. The van der Waals surface area contributed by atoms with Gasteiger partial charge in [-0.15, -0.1) is 0 Å². The molecule has 8 nitrogen and oxygen atoms in total. The molecule has 2 aromatic carbocycles. The smallest absolute Gasteiger partial charge is 0.460 e. The summed E-state index contributed by atoms with van der Waals surface area (Å²) >= 11 is 0. The second kappa shape index (κ2) is 34.6. The normalized spacial score (nSPS) is 17.1. The third kappa shape index (κ3) is 17.3. The molecule has 1 aliphatic rings. The first-order valence-electron chi connectivity index (χ1n) is 33.3. The van der Waals surface area contributed by atoms with Gasteiger partial charge in [0.05, 0.1) is 45.5 Å². The summed E-state index contributed by atoms with van der Waals surface area (Å²) in [7, 11) is -7.40. The molecule has 774 valence electrons. The lowest BCUT2D eigenvalue weighted by molar-refractivity contribution is -0.474. The Morgan fingerprint density at radius 1 is 0.316 bits per heavy atom. The van der Waals surface area contributed by atoms with Gasteiger partial charge in [0.1, 0.15) is 12.4 Å². The van der Waals surface area contributed by atoms with Gasteiger partial charge in [0.25, 0.3) is 0 Å². The third-order valence-corrected chi connectivity index (χ3v) is 24.7. The molecule has 0 saturated heterocycles. The maximum atomic E-state index is 16.1. The van der Waals surface area contributed by atoms with Crippen LogP contribution in [0.5, 0.6) is 5.75 Å². The molecule has 2 amide bonds. The van der Waals surface area contributed by atoms with Gasteiger partial charge >= 0.3 is 196 Å². The zero-order chi connectivity index (χ0) is 106. The molecule has 0 bridgehead atoms. The van der Waals surface area contributed by atoms with Crippen LogP contribution in [-0.2, 0) is 14.3 Å². The van der Waals surface area contributed by atoms with Crippen molar-refractivity contribution in [1.29, 1.82) is 0 Å². The molecule has 3 rings (SSSR count). The molecule has 0 fully saturated rings. The van der Waals surface area contributed by atoms with E-state index in [1.165, 1.54) is 12.1 Å². The molecule has 1 heterocycles. The first kappa shape index (κ1) is 119. The van der Waals surface area contributed by atoms with Gasteiger partial charge in [-0.2, -0.15) is 277 Å². The first-order chi connectivity index (χ1) is 58.0. The van der Waals surface area contributed by atoms with Crippen molar-refractivity contribution in [3.05, 3.63) is 70.9 Å². The van der Waals surface area contributed by atoms with E-state index in [1.807, 2.05) is 0 Å². The summed E-state index contributed by atoms with van der Waals surface area (Å²) in [6, 6.07) is -14.9. The van der Waals surface area contributed by atoms with Gasteiger partial charge in [0.15, 0.2) is 0 Å². The number of esters is 2. The highest BCUT2D eigenvalue weighted by Gasteiger charge is 3.02. The van der Waals surface area contributed by atoms with Crippen molar-refractivity contribution < 1.29 is 305 Å². The Kier molecular flexibility index (Phi) is 31.0. The van der Waals surface area contributed by atoms with E-state index in [9.17, 15) is 186 Å². The number of carbonyl (C=O) groups is 3. The summed E-state index contributed by atoms with van der Waals surface area (Å²) in [5.74, 6) is -269. The van der Waals surface area contributed by atoms with Crippen LogP contribution in [0.2, 0.25) is 18.1 Å². The van der Waals surface area contributed by atoms with Gasteiger partial charge < -0.3 is 19.5 Å². The number of urea groups is 1. The van der Waals surface area contributed by atoms with Crippen molar-refractivity contribution in [1.82, 2.24) is 10.2 Å². The average Bonchev–Trinajstić information content (AvgIpc) is 0.691. The zero-order valence-electron chi connectivity index (χ0n) is 62.5. The molecule has 0 spiro atoms. The fourth-order valence-electron chi connectivity index (χ4n) is 11.3. The lowest BCUT2D eigenvalue weighted by Gasteiger charge is -2.45. The Bertz CT molecular complexity index is 4180. The van der Waals surface area contributed by atoms with Gasteiger partial charge in [-0.1, -0.05) is 36.4 Å². The molecule has 1 aliphatic heterocycles. The Morgan fingerprint density at radius 2 is 0.549 bits per heavy atom. The van der Waals surface area contributed by atoms with Crippen LogP contribution in [0.1, 0.15) is 61.5 Å². The molecule has 0 saturated carbocycles. The minimum absolute atomic E-state index is 0.0456. The number of carbonyl (C=O) groups excluding carboxylic acids is 3. The Hall–Kier alpha value is -8.00. The number of ether oxygens (including phenoxy) is 3. The van der Waals surface area contributed by atoms with Crippen LogP contribution in [0.25, 0.3) is 0 Å². The SMILES string of the molecule is CCOC(=O)C1=C(CC)N(CCOC(=O)c2ccc([Si](CCC(F)(F)C(F)(F)C(F)(F)C(F)(F)C(F)(F)C(F)(F)C(F)(F)C(F)(F)C(F)(F)C(F)(F)F)(CCC(F)(F)C(F)(F)C(F)(F)C(F)(F)C(F)(F)C(F)(F)C(F)(F)C(F)(F)C(F)(F)C(F)(F)F)CCC(F)(F)C(F)(F)C(F)(F)C(F)(F)C(F)(F)C(F)(F)C(F)(F)C(F)(F)C(F)(F)C(F)(F)F)cc2)C(=O)NC1c1ccc(OC)cc1.